The third kappa shape index (κ3) is 4.92. The molecule has 1 N–H and O–H groups in total. The van der Waals surface area contributed by atoms with Crippen molar-refractivity contribution in [1.82, 2.24) is 15.1 Å². The molecule has 0 aliphatic heterocycles. The Bertz CT molecular complexity index is 379. The molecule has 1 rings (SSSR count). The molecule has 0 amide bonds. The van der Waals surface area contributed by atoms with E-state index in [1.165, 1.54) is 12.1 Å². The molecule has 0 aliphatic rings. The van der Waals surface area contributed by atoms with Gasteiger partial charge in [0.05, 0.1) is 16.4 Å². The summed E-state index contributed by atoms with van der Waals surface area (Å²) in [5.41, 5.74) is 1.61. The highest BCUT2D eigenvalue weighted by atomic mass is 79.9. The van der Waals surface area contributed by atoms with Crippen molar-refractivity contribution in [2.45, 2.75) is 66.5 Å². The Morgan fingerprint density at radius 1 is 1.37 bits per heavy atom. The molecule has 1 heterocycles. The van der Waals surface area contributed by atoms with E-state index in [0.717, 1.165) is 30.4 Å². The van der Waals surface area contributed by atoms with Crippen LogP contribution in [0.2, 0.25) is 0 Å². The molecule has 0 bridgehead atoms. The first-order valence-corrected chi connectivity index (χ1v) is 8.13. The predicted octanol–water partition coefficient (Wildman–Crippen LogP) is 4.01. The van der Waals surface area contributed by atoms with E-state index in [9.17, 15) is 0 Å². The van der Waals surface area contributed by atoms with E-state index in [4.69, 9.17) is 0 Å². The minimum atomic E-state index is 0.290. The molecule has 19 heavy (non-hydrogen) atoms. The number of halogens is 1. The smallest absolute Gasteiger partial charge is 0.0635 e. The molecule has 0 aliphatic carbocycles. The number of nitrogens with zero attached hydrogens (tertiary/aromatic N) is 2. The molecular weight excluding hydrogens is 302 g/mol. The summed E-state index contributed by atoms with van der Waals surface area (Å²) in [6, 6.07) is 0.541. The zero-order valence-corrected chi connectivity index (χ0v) is 14.5. The average molecular weight is 330 g/mol. The second kappa shape index (κ2) is 7.44. The summed E-state index contributed by atoms with van der Waals surface area (Å²) in [4.78, 5) is 0. The third-order valence-electron chi connectivity index (χ3n) is 3.55. The van der Waals surface area contributed by atoms with Crippen LogP contribution in [0.5, 0.6) is 0 Å². The normalized spacial score (nSPS) is 13.8. The predicted molar refractivity (Wildman–Crippen MR) is 85.5 cm³/mol. The lowest BCUT2D eigenvalue weighted by molar-refractivity contribution is 0.254. The van der Waals surface area contributed by atoms with Gasteiger partial charge in [-0.15, -0.1) is 0 Å². The van der Waals surface area contributed by atoms with Crippen LogP contribution in [0.4, 0.5) is 0 Å². The molecule has 1 aromatic heterocycles. The zero-order valence-electron chi connectivity index (χ0n) is 13.0. The first kappa shape index (κ1) is 16.7. The summed E-state index contributed by atoms with van der Waals surface area (Å²) < 4.78 is 3.22. The molecule has 110 valence electrons. The molecule has 0 aromatic carbocycles. The Hall–Kier alpha value is -0.350. The Kier molecular flexibility index (Phi) is 6.54. The molecule has 0 saturated carbocycles. The average Bonchev–Trinajstić information content (AvgIpc) is 2.68. The number of nitrogens with one attached hydrogen (secondary N) is 1. The number of aryl methyl sites for hydroxylation is 1. The van der Waals surface area contributed by atoms with Crippen LogP contribution < -0.4 is 5.32 Å². The molecule has 1 atom stereocenters. The van der Waals surface area contributed by atoms with Gasteiger partial charge in [-0.05, 0) is 54.1 Å². The molecule has 0 saturated heterocycles. The van der Waals surface area contributed by atoms with Crippen LogP contribution >= 0.6 is 15.9 Å². The topological polar surface area (TPSA) is 29.9 Å². The summed E-state index contributed by atoms with van der Waals surface area (Å²) in [5.74, 6) is 0. The van der Waals surface area contributed by atoms with Crippen LogP contribution in [-0.2, 0) is 13.0 Å². The maximum Gasteiger partial charge on any atom is 0.0635 e. The highest BCUT2D eigenvalue weighted by molar-refractivity contribution is 9.10. The first-order chi connectivity index (χ1) is 8.90. The fraction of sp³-hybridized carbons (Fsp3) is 0.800. The minimum Gasteiger partial charge on any atom is -0.313 e. The summed E-state index contributed by atoms with van der Waals surface area (Å²) in [6.45, 7) is 13.3. The second-order valence-corrected chi connectivity index (χ2v) is 7.02. The first-order valence-electron chi connectivity index (χ1n) is 7.33. The molecule has 0 fully saturated rings. The van der Waals surface area contributed by atoms with Gasteiger partial charge in [-0.3, -0.25) is 4.68 Å². The number of hydrogen-bond acceptors (Lipinski definition) is 2. The standard InChI is InChI=1S/C15H28BrN3/c1-6-10-17-14(15(3,4)5)9-8-13-12(16)11-18-19(13)7-2/h11,14,17H,6-10H2,1-5H3. The molecule has 1 aromatic rings. The monoisotopic (exact) mass is 329 g/mol. The van der Waals surface area contributed by atoms with Crippen molar-refractivity contribution in [2.75, 3.05) is 6.54 Å². The molecule has 0 radical (unpaired) electrons. The number of hydrogen-bond donors (Lipinski definition) is 1. The largest absolute Gasteiger partial charge is 0.313 e. The lowest BCUT2D eigenvalue weighted by Gasteiger charge is -2.32. The quantitative estimate of drug-likeness (QED) is 0.818. The van der Waals surface area contributed by atoms with Crippen molar-refractivity contribution in [3.05, 3.63) is 16.4 Å². The Morgan fingerprint density at radius 3 is 2.58 bits per heavy atom. The van der Waals surface area contributed by atoms with Crippen molar-refractivity contribution < 1.29 is 0 Å². The lowest BCUT2D eigenvalue weighted by Crippen LogP contribution is -2.41. The van der Waals surface area contributed by atoms with Gasteiger partial charge < -0.3 is 5.32 Å². The van der Waals surface area contributed by atoms with Crippen LogP contribution in [0.15, 0.2) is 10.7 Å². The second-order valence-electron chi connectivity index (χ2n) is 6.17. The van der Waals surface area contributed by atoms with Gasteiger partial charge in [0.15, 0.2) is 0 Å². The third-order valence-corrected chi connectivity index (χ3v) is 4.22. The molecule has 3 nitrogen and oxygen atoms in total. The maximum atomic E-state index is 4.39. The summed E-state index contributed by atoms with van der Waals surface area (Å²) in [5, 5.41) is 8.07. The van der Waals surface area contributed by atoms with E-state index < -0.39 is 0 Å². The minimum absolute atomic E-state index is 0.290. The summed E-state index contributed by atoms with van der Waals surface area (Å²) >= 11 is 3.61. The highest BCUT2D eigenvalue weighted by Crippen LogP contribution is 2.25. The molecular formula is C15H28BrN3. The van der Waals surface area contributed by atoms with Crippen LogP contribution in [0, 0.1) is 5.41 Å². The van der Waals surface area contributed by atoms with Crippen LogP contribution in [0.3, 0.4) is 0 Å². The fourth-order valence-corrected chi connectivity index (χ4v) is 2.84. The fourth-order valence-electron chi connectivity index (χ4n) is 2.35. The van der Waals surface area contributed by atoms with Gasteiger partial charge in [-0.2, -0.15) is 5.10 Å². The van der Waals surface area contributed by atoms with Gasteiger partial charge in [0, 0.05) is 12.6 Å². The van der Waals surface area contributed by atoms with E-state index in [0.29, 0.717) is 11.5 Å². The van der Waals surface area contributed by atoms with Gasteiger partial charge in [0.25, 0.3) is 0 Å². The number of aromatic nitrogens is 2. The Morgan fingerprint density at radius 2 is 2.05 bits per heavy atom. The highest BCUT2D eigenvalue weighted by Gasteiger charge is 2.24. The zero-order chi connectivity index (χ0) is 14.5. The van der Waals surface area contributed by atoms with Gasteiger partial charge in [-0.25, -0.2) is 0 Å². The van der Waals surface area contributed by atoms with E-state index >= 15 is 0 Å². The van der Waals surface area contributed by atoms with Crippen molar-refractivity contribution >= 4 is 15.9 Å². The van der Waals surface area contributed by atoms with Crippen molar-refractivity contribution in [2.24, 2.45) is 5.41 Å². The van der Waals surface area contributed by atoms with Gasteiger partial charge in [0.1, 0.15) is 0 Å². The van der Waals surface area contributed by atoms with E-state index in [1.807, 2.05) is 6.20 Å². The van der Waals surface area contributed by atoms with Crippen LogP contribution in [-0.4, -0.2) is 22.4 Å². The molecule has 0 spiro atoms. The van der Waals surface area contributed by atoms with E-state index in [1.54, 1.807) is 0 Å². The van der Waals surface area contributed by atoms with Crippen molar-refractivity contribution in [3.8, 4) is 0 Å². The van der Waals surface area contributed by atoms with Crippen LogP contribution in [0.25, 0.3) is 0 Å². The maximum absolute atomic E-state index is 4.39. The van der Waals surface area contributed by atoms with Gasteiger partial charge >= 0.3 is 0 Å². The lowest BCUT2D eigenvalue weighted by atomic mass is 9.83. The summed E-state index contributed by atoms with van der Waals surface area (Å²) in [6.07, 6.45) is 5.30. The SMILES string of the molecule is CCCNC(CCc1c(Br)cnn1CC)C(C)(C)C. The van der Waals surface area contributed by atoms with Crippen LogP contribution in [0.1, 0.15) is 53.2 Å². The van der Waals surface area contributed by atoms with Gasteiger partial charge in [0.2, 0.25) is 0 Å². The van der Waals surface area contributed by atoms with E-state index in [-0.39, 0.29) is 0 Å². The molecule has 4 heteroatoms. The van der Waals surface area contributed by atoms with Gasteiger partial charge in [-0.1, -0.05) is 27.7 Å². The molecule has 1 unspecified atom stereocenters. The number of rotatable bonds is 7. The van der Waals surface area contributed by atoms with Crippen molar-refractivity contribution in [3.63, 3.8) is 0 Å². The Labute approximate surface area is 126 Å². The Balaban J connectivity index is 2.67. The van der Waals surface area contributed by atoms with Crippen molar-refractivity contribution in [1.29, 1.82) is 0 Å². The summed E-state index contributed by atoms with van der Waals surface area (Å²) in [7, 11) is 0. The van der Waals surface area contributed by atoms with E-state index in [2.05, 4.69) is 65.6 Å².